The maximum Gasteiger partial charge on any atom is 0.411 e. The second-order valence-corrected chi connectivity index (χ2v) is 5.58. The van der Waals surface area contributed by atoms with Gasteiger partial charge < -0.3 is 19.1 Å². The summed E-state index contributed by atoms with van der Waals surface area (Å²) in [6.07, 6.45) is -0.575. The number of carbonyl (C=O) groups excluding carboxylic acids is 2. The molecule has 0 fully saturated rings. The monoisotopic (exact) mass is 356 g/mol. The van der Waals surface area contributed by atoms with Crippen LogP contribution in [0.2, 0.25) is 0 Å². The lowest BCUT2D eigenvalue weighted by molar-refractivity contribution is 0.0976. The molecule has 136 valence electrons. The fourth-order valence-corrected chi connectivity index (χ4v) is 2.69. The third-order valence-corrected chi connectivity index (χ3v) is 3.87. The van der Waals surface area contributed by atoms with Gasteiger partial charge in [0.1, 0.15) is 5.75 Å². The van der Waals surface area contributed by atoms with E-state index in [1.807, 2.05) is 24.3 Å². The molecule has 3 rings (SSSR count). The Morgan fingerprint density at radius 2 is 2.00 bits per heavy atom. The molecule has 0 saturated heterocycles. The summed E-state index contributed by atoms with van der Waals surface area (Å²) in [4.78, 5) is 26.4. The Balaban J connectivity index is 1.98. The van der Waals surface area contributed by atoms with Gasteiger partial charge in [0.05, 0.1) is 24.5 Å². The Morgan fingerprint density at radius 1 is 1.19 bits per heavy atom. The van der Waals surface area contributed by atoms with E-state index in [1.54, 1.807) is 37.1 Å². The summed E-state index contributed by atoms with van der Waals surface area (Å²) < 4.78 is 15.9. The first-order valence-electron chi connectivity index (χ1n) is 8.29. The lowest BCUT2D eigenvalue weighted by Crippen LogP contribution is -2.33. The summed E-state index contributed by atoms with van der Waals surface area (Å²) in [5, 5.41) is 2.60. The molecule has 0 bridgehead atoms. The van der Waals surface area contributed by atoms with Crippen molar-refractivity contribution >= 4 is 23.4 Å². The number of nitrogens with zero attached hydrogens (tertiary/aromatic N) is 1. The van der Waals surface area contributed by atoms with Crippen molar-refractivity contribution in [3.8, 4) is 11.5 Å². The number of anilines is 2. The number of benzene rings is 2. The number of hydrogen-bond donors (Lipinski definition) is 1. The highest BCUT2D eigenvalue weighted by Gasteiger charge is 2.28. The van der Waals surface area contributed by atoms with Crippen molar-refractivity contribution < 1.29 is 23.8 Å². The average molecular weight is 356 g/mol. The molecule has 26 heavy (non-hydrogen) atoms. The number of rotatable bonds is 5. The fraction of sp³-hybridized carbons (Fsp3) is 0.263. The third-order valence-electron chi connectivity index (χ3n) is 3.87. The van der Waals surface area contributed by atoms with Gasteiger partial charge in [-0.15, -0.1) is 0 Å². The van der Waals surface area contributed by atoms with E-state index < -0.39 is 6.09 Å². The molecular weight excluding hydrogens is 336 g/mol. The van der Waals surface area contributed by atoms with E-state index in [1.165, 1.54) is 0 Å². The van der Waals surface area contributed by atoms with E-state index in [4.69, 9.17) is 14.2 Å². The second-order valence-electron chi connectivity index (χ2n) is 5.58. The average Bonchev–Trinajstić information content (AvgIpc) is 2.75. The van der Waals surface area contributed by atoms with E-state index in [2.05, 4.69) is 5.32 Å². The highest BCUT2D eigenvalue weighted by Crippen LogP contribution is 2.39. The van der Waals surface area contributed by atoms with Crippen LogP contribution in [0.5, 0.6) is 11.5 Å². The van der Waals surface area contributed by atoms with Crippen LogP contribution in [-0.4, -0.2) is 38.9 Å². The van der Waals surface area contributed by atoms with Gasteiger partial charge in [0.15, 0.2) is 5.75 Å². The van der Waals surface area contributed by atoms with Gasteiger partial charge in [0.25, 0.3) is 5.91 Å². The Morgan fingerprint density at radius 3 is 2.77 bits per heavy atom. The van der Waals surface area contributed by atoms with Gasteiger partial charge in [-0.1, -0.05) is 12.1 Å². The normalized spacial score (nSPS) is 12.5. The first-order valence-corrected chi connectivity index (χ1v) is 8.29. The van der Waals surface area contributed by atoms with E-state index in [0.717, 1.165) is 0 Å². The first kappa shape index (κ1) is 17.8. The smallest absolute Gasteiger partial charge is 0.411 e. The molecule has 1 aliphatic rings. The van der Waals surface area contributed by atoms with Gasteiger partial charge in [0, 0.05) is 19.3 Å². The molecule has 7 nitrogen and oxygen atoms in total. The van der Waals surface area contributed by atoms with Gasteiger partial charge in [-0.2, -0.15) is 0 Å². The van der Waals surface area contributed by atoms with Crippen LogP contribution in [0.1, 0.15) is 17.3 Å². The molecule has 0 saturated carbocycles. The largest absolute Gasteiger partial charge is 0.454 e. The van der Waals surface area contributed by atoms with E-state index in [9.17, 15) is 9.59 Å². The van der Waals surface area contributed by atoms with Crippen molar-refractivity contribution in [2.75, 3.05) is 37.1 Å². The lowest BCUT2D eigenvalue weighted by atomic mass is 10.1. The molecule has 2 aromatic rings. The zero-order valence-corrected chi connectivity index (χ0v) is 14.7. The number of fused-ring (bicyclic) bond motifs is 2. The molecule has 1 heterocycles. The topological polar surface area (TPSA) is 77.1 Å². The highest BCUT2D eigenvalue weighted by molar-refractivity contribution is 6.10. The molecule has 1 N–H and O–H groups in total. The first-order chi connectivity index (χ1) is 12.6. The predicted molar refractivity (Wildman–Crippen MR) is 97.2 cm³/mol. The molecule has 0 atom stereocenters. The Kier molecular flexibility index (Phi) is 5.38. The molecule has 0 spiro atoms. The Labute approximate surface area is 151 Å². The van der Waals surface area contributed by atoms with Crippen LogP contribution in [0.25, 0.3) is 0 Å². The van der Waals surface area contributed by atoms with Gasteiger partial charge in [0.2, 0.25) is 0 Å². The molecule has 0 aliphatic carbocycles. The zero-order chi connectivity index (χ0) is 18.5. The van der Waals surface area contributed by atoms with Gasteiger partial charge in [-0.25, -0.2) is 4.79 Å². The van der Waals surface area contributed by atoms with Crippen molar-refractivity contribution in [2.24, 2.45) is 0 Å². The number of amides is 2. The van der Waals surface area contributed by atoms with Crippen LogP contribution < -0.4 is 15.0 Å². The van der Waals surface area contributed by atoms with Crippen molar-refractivity contribution in [3.63, 3.8) is 0 Å². The van der Waals surface area contributed by atoms with Crippen molar-refractivity contribution in [1.82, 2.24) is 0 Å². The summed E-state index contributed by atoms with van der Waals surface area (Å²) in [6.45, 7) is 2.75. The Bertz CT molecular complexity index is 821. The molecule has 2 aromatic carbocycles. The second kappa shape index (κ2) is 7.88. The number of para-hydroxylation sites is 2. The zero-order valence-electron chi connectivity index (χ0n) is 14.7. The van der Waals surface area contributed by atoms with Crippen LogP contribution >= 0.6 is 0 Å². The van der Waals surface area contributed by atoms with Gasteiger partial charge >= 0.3 is 6.09 Å². The minimum Gasteiger partial charge on any atom is -0.454 e. The molecule has 2 amide bonds. The summed E-state index contributed by atoms with van der Waals surface area (Å²) in [5.41, 5.74) is 1.48. The Hall–Kier alpha value is -3.06. The molecule has 0 radical (unpaired) electrons. The number of carbonyl (C=O) groups is 2. The molecule has 0 aromatic heterocycles. The SMILES string of the molecule is CCOC(=O)Nc1ccc2c(c1)C(=O)N(CCOC)c1ccccc1O2. The molecule has 0 unspecified atom stereocenters. The van der Waals surface area contributed by atoms with E-state index in [0.29, 0.717) is 41.6 Å². The molecule has 1 aliphatic heterocycles. The minimum atomic E-state index is -0.575. The van der Waals surface area contributed by atoms with Gasteiger partial charge in [-0.05, 0) is 37.3 Å². The summed E-state index contributed by atoms with van der Waals surface area (Å²) in [5.74, 6) is 0.785. The predicted octanol–water partition coefficient (Wildman–Crippen LogP) is 3.65. The van der Waals surface area contributed by atoms with E-state index >= 15 is 0 Å². The summed E-state index contributed by atoms with van der Waals surface area (Å²) in [6, 6.07) is 12.2. The van der Waals surface area contributed by atoms with Crippen molar-refractivity contribution in [1.29, 1.82) is 0 Å². The molecule has 7 heteroatoms. The third kappa shape index (κ3) is 3.62. The van der Waals surface area contributed by atoms with Crippen LogP contribution in [0.4, 0.5) is 16.2 Å². The summed E-state index contributed by atoms with van der Waals surface area (Å²) in [7, 11) is 1.58. The van der Waals surface area contributed by atoms with Crippen molar-refractivity contribution in [2.45, 2.75) is 6.92 Å². The van der Waals surface area contributed by atoms with Gasteiger partial charge in [-0.3, -0.25) is 10.1 Å². The minimum absolute atomic E-state index is 0.227. The van der Waals surface area contributed by atoms with Crippen LogP contribution in [0.3, 0.4) is 0 Å². The quantitative estimate of drug-likeness (QED) is 0.885. The fourth-order valence-electron chi connectivity index (χ4n) is 2.69. The number of hydrogen-bond acceptors (Lipinski definition) is 5. The standard InChI is InChI=1S/C19H20N2O5/c1-3-25-19(23)20-13-8-9-16-14(12-13)18(22)21(10-11-24-2)15-6-4-5-7-17(15)26-16/h4-9,12H,3,10-11H2,1-2H3,(H,20,23). The molecular formula is C19H20N2O5. The van der Waals surface area contributed by atoms with Crippen molar-refractivity contribution in [3.05, 3.63) is 48.0 Å². The maximum absolute atomic E-state index is 13.1. The van der Waals surface area contributed by atoms with Crippen LogP contribution in [-0.2, 0) is 9.47 Å². The number of methoxy groups -OCH3 is 1. The van der Waals surface area contributed by atoms with E-state index in [-0.39, 0.29) is 12.5 Å². The lowest BCUT2D eigenvalue weighted by Gasteiger charge is -2.21. The number of nitrogens with one attached hydrogen (secondary N) is 1. The maximum atomic E-state index is 13.1. The highest BCUT2D eigenvalue weighted by atomic mass is 16.5. The number of ether oxygens (including phenoxy) is 3. The van der Waals surface area contributed by atoms with Crippen LogP contribution in [0, 0.1) is 0 Å². The summed E-state index contributed by atoms with van der Waals surface area (Å²) >= 11 is 0. The van der Waals surface area contributed by atoms with Crippen LogP contribution in [0.15, 0.2) is 42.5 Å².